The number of aliphatic hydroxyl groups is 1. The first-order chi connectivity index (χ1) is 8.43. The molecule has 4 heteroatoms. The first-order valence-corrected chi connectivity index (χ1v) is 6.13. The lowest BCUT2D eigenvalue weighted by Gasteiger charge is -2.20. The van der Waals surface area contributed by atoms with E-state index in [4.69, 9.17) is 4.74 Å². The Balaban J connectivity index is 2.16. The zero-order valence-corrected chi connectivity index (χ0v) is 10.6. The van der Waals surface area contributed by atoms with Crippen molar-refractivity contribution < 1.29 is 18.6 Å². The minimum atomic E-state index is -2.62. The molecule has 0 radical (unpaired) electrons. The summed E-state index contributed by atoms with van der Waals surface area (Å²) in [4.78, 5) is 0. The average Bonchev–Trinajstić information content (AvgIpc) is 2.68. The fraction of sp³-hybridized carbons (Fsp3) is 0.571. The second-order valence-corrected chi connectivity index (χ2v) is 5.03. The third kappa shape index (κ3) is 2.64. The van der Waals surface area contributed by atoms with Gasteiger partial charge in [0.25, 0.3) is 0 Å². The highest BCUT2D eigenvalue weighted by atomic mass is 19.3. The summed E-state index contributed by atoms with van der Waals surface area (Å²) in [6, 6.07) is 5.32. The summed E-state index contributed by atoms with van der Waals surface area (Å²) in [5.74, 6) is -2.27. The van der Waals surface area contributed by atoms with Gasteiger partial charge >= 0.3 is 0 Å². The lowest BCUT2D eigenvalue weighted by atomic mass is 9.91. The Morgan fingerprint density at radius 2 is 2.17 bits per heavy atom. The van der Waals surface area contributed by atoms with E-state index in [2.05, 4.69) is 0 Å². The van der Waals surface area contributed by atoms with Crippen LogP contribution in [0.25, 0.3) is 0 Å². The topological polar surface area (TPSA) is 29.5 Å². The van der Waals surface area contributed by atoms with Crippen LogP contribution in [0.5, 0.6) is 5.75 Å². The Bertz CT molecular complexity index is 432. The summed E-state index contributed by atoms with van der Waals surface area (Å²) in [6.07, 6.45) is -0.785. The second-order valence-electron chi connectivity index (χ2n) is 5.03. The van der Waals surface area contributed by atoms with E-state index < -0.39 is 12.0 Å². The standard InChI is InChI=1S/C14H18F2O2/c1-9-7-11(18-2)3-4-12(9)13(17)10-5-6-14(15,16)8-10/h3-4,7,10,13,17H,5-6,8H2,1-2H3. The molecule has 1 aromatic rings. The Hall–Kier alpha value is -1.16. The molecule has 2 unspecified atom stereocenters. The molecule has 0 heterocycles. The Morgan fingerprint density at radius 3 is 2.67 bits per heavy atom. The second kappa shape index (κ2) is 4.84. The fourth-order valence-corrected chi connectivity index (χ4v) is 2.61. The van der Waals surface area contributed by atoms with Crippen LogP contribution in [0, 0.1) is 12.8 Å². The van der Waals surface area contributed by atoms with Crippen molar-refractivity contribution in [3.05, 3.63) is 29.3 Å². The van der Waals surface area contributed by atoms with Crippen molar-refractivity contribution in [2.24, 2.45) is 5.92 Å². The first-order valence-electron chi connectivity index (χ1n) is 6.13. The molecule has 0 aliphatic heterocycles. The third-order valence-corrected chi connectivity index (χ3v) is 3.68. The number of methoxy groups -OCH3 is 1. The van der Waals surface area contributed by atoms with Gasteiger partial charge < -0.3 is 9.84 Å². The van der Waals surface area contributed by atoms with Crippen LogP contribution in [-0.4, -0.2) is 18.1 Å². The Labute approximate surface area is 106 Å². The number of aliphatic hydroxyl groups excluding tert-OH is 1. The van der Waals surface area contributed by atoms with Crippen molar-refractivity contribution in [3.8, 4) is 5.75 Å². The molecule has 0 aromatic heterocycles. The molecule has 0 amide bonds. The molecular formula is C14H18F2O2. The van der Waals surface area contributed by atoms with E-state index in [9.17, 15) is 13.9 Å². The average molecular weight is 256 g/mol. The number of alkyl halides is 2. The molecule has 2 rings (SSSR count). The van der Waals surface area contributed by atoms with E-state index in [1.807, 2.05) is 13.0 Å². The van der Waals surface area contributed by atoms with Crippen LogP contribution >= 0.6 is 0 Å². The van der Waals surface area contributed by atoms with E-state index >= 15 is 0 Å². The number of benzene rings is 1. The predicted molar refractivity (Wildman–Crippen MR) is 65.0 cm³/mol. The van der Waals surface area contributed by atoms with Crippen molar-refractivity contribution in [2.75, 3.05) is 7.11 Å². The molecule has 0 saturated heterocycles. The van der Waals surface area contributed by atoms with Crippen molar-refractivity contribution >= 4 is 0 Å². The first kappa shape index (κ1) is 13.3. The van der Waals surface area contributed by atoms with Gasteiger partial charge in [0.1, 0.15) is 5.75 Å². The van der Waals surface area contributed by atoms with Gasteiger partial charge in [0.15, 0.2) is 0 Å². The minimum absolute atomic E-state index is 0.121. The van der Waals surface area contributed by atoms with Crippen molar-refractivity contribution in [3.63, 3.8) is 0 Å². The number of aryl methyl sites for hydroxylation is 1. The van der Waals surface area contributed by atoms with Crippen LogP contribution in [0.1, 0.15) is 36.5 Å². The Kier molecular flexibility index (Phi) is 3.57. The number of halogens is 2. The number of ether oxygens (including phenoxy) is 1. The molecule has 0 bridgehead atoms. The highest BCUT2D eigenvalue weighted by Gasteiger charge is 2.42. The quantitative estimate of drug-likeness (QED) is 0.897. The lowest BCUT2D eigenvalue weighted by molar-refractivity contribution is -0.00517. The fourth-order valence-electron chi connectivity index (χ4n) is 2.61. The van der Waals surface area contributed by atoms with E-state index in [1.54, 1.807) is 19.2 Å². The van der Waals surface area contributed by atoms with Gasteiger partial charge in [0.2, 0.25) is 5.92 Å². The van der Waals surface area contributed by atoms with Crippen LogP contribution in [0.3, 0.4) is 0 Å². The van der Waals surface area contributed by atoms with E-state index in [0.717, 1.165) is 11.1 Å². The highest BCUT2D eigenvalue weighted by molar-refractivity contribution is 5.36. The smallest absolute Gasteiger partial charge is 0.248 e. The summed E-state index contributed by atoms with van der Waals surface area (Å²) in [5, 5.41) is 10.2. The van der Waals surface area contributed by atoms with Gasteiger partial charge in [0.05, 0.1) is 13.2 Å². The third-order valence-electron chi connectivity index (χ3n) is 3.68. The van der Waals surface area contributed by atoms with Gasteiger partial charge in [-0.1, -0.05) is 6.07 Å². The van der Waals surface area contributed by atoms with Crippen LogP contribution in [0.15, 0.2) is 18.2 Å². The minimum Gasteiger partial charge on any atom is -0.497 e. The summed E-state index contributed by atoms with van der Waals surface area (Å²) in [6.45, 7) is 1.86. The van der Waals surface area contributed by atoms with Gasteiger partial charge in [0, 0.05) is 12.8 Å². The molecule has 100 valence electrons. The maximum atomic E-state index is 13.2. The van der Waals surface area contributed by atoms with Crippen LogP contribution in [0.4, 0.5) is 8.78 Å². The van der Waals surface area contributed by atoms with Crippen molar-refractivity contribution in [2.45, 2.75) is 38.2 Å². The molecule has 2 nitrogen and oxygen atoms in total. The molecule has 1 aromatic carbocycles. The van der Waals surface area contributed by atoms with Crippen LogP contribution in [0.2, 0.25) is 0 Å². The molecule has 18 heavy (non-hydrogen) atoms. The van der Waals surface area contributed by atoms with Crippen LogP contribution < -0.4 is 4.74 Å². The SMILES string of the molecule is COc1ccc(C(O)C2CCC(F)(F)C2)c(C)c1. The zero-order valence-electron chi connectivity index (χ0n) is 10.6. The lowest BCUT2D eigenvalue weighted by Crippen LogP contribution is -2.15. The van der Waals surface area contributed by atoms with Gasteiger partial charge in [-0.2, -0.15) is 0 Å². The van der Waals surface area contributed by atoms with Crippen LogP contribution in [-0.2, 0) is 0 Å². The normalized spacial score (nSPS) is 23.9. The van der Waals surface area contributed by atoms with Gasteiger partial charge in [-0.05, 0) is 42.5 Å². The molecule has 1 aliphatic rings. The summed E-state index contributed by atoms with van der Waals surface area (Å²) in [5.41, 5.74) is 1.59. The van der Waals surface area contributed by atoms with Crippen molar-refractivity contribution in [1.29, 1.82) is 0 Å². The number of rotatable bonds is 3. The summed E-state index contributed by atoms with van der Waals surface area (Å²) < 4.78 is 31.4. The predicted octanol–water partition coefficient (Wildman–Crippen LogP) is 3.47. The molecule has 1 N–H and O–H groups in total. The maximum absolute atomic E-state index is 13.2. The Morgan fingerprint density at radius 1 is 1.44 bits per heavy atom. The van der Waals surface area contributed by atoms with Gasteiger partial charge in [-0.25, -0.2) is 8.78 Å². The maximum Gasteiger partial charge on any atom is 0.248 e. The molecule has 2 atom stereocenters. The summed E-state index contributed by atoms with van der Waals surface area (Å²) >= 11 is 0. The number of hydrogen-bond donors (Lipinski definition) is 1. The molecule has 1 aliphatic carbocycles. The largest absolute Gasteiger partial charge is 0.497 e. The van der Waals surface area contributed by atoms with Gasteiger partial charge in [-0.15, -0.1) is 0 Å². The summed E-state index contributed by atoms with van der Waals surface area (Å²) in [7, 11) is 1.57. The molecule has 1 fully saturated rings. The van der Waals surface area contributed by atoms with Gasteiger partial charge in [-0.3, -0.25) is 0 Å². The molecule has 1 saturated carbocycles. The molecular weight excluding hydrogens is 238 g/mol. The number of hydrogen-bond acceptors (Lipinski definition) is 2. The van der Waals surface area contributed by atoms with E-state index in [0.29, 0.717) is 12.2 Å². The highest BCUT2D eigenvalue weighted by Crippen LogP contribution is 2.45. The monoisotopic (exact) mass is 256 g/mol. The zero-order chi connectivity index (χ0) is 13.3. The van der Waals surface area contributed by atoms with E-state index in [1.165, 1.54) is 0 Å². The van der Waals surface area contributed by atoms with Crippen molar-refractivity contribution in [1.82, 2.24) is 0 Å². The van der Waals surface area contributed by atoms with E-state index in [-0.39, 0.29) is 18.8 Å². The molecule has 0 spiro atoms.